The number of benzene rings is 1. The van der Waals surface area contributed by atoms with Crippen LogP contribution in [0.4, 0.5) is 5.69 Å². The Kier molecular flexibility index (Phi) is 3.51. The van der Waals surface area contributed by atoms with Gasteiger partial charge in [0.1, 0.15) is 6.04 Å². The van der Waals surface area contributed by atoms with E-state index in [1.807, 2.05) is 0 Å². The Labute approximate surface area is 112 Å². The van der Waals surface area contributed by atoms with Gasteiger partial charge >= 0.3 is 0 Å². The smallest absolute Gasteiger partial charge is 0.243 e. The number of anilines is 1. The van der Waals surface area contributed by atoms with Gasteiger partial charge < -0.3 is 11.5 Å². The summed E-state index contributed by atoms with van der Waals surface area (Å²) in [4.78, 5) is 11.4. The standard InChI is InChI=1S/C12H17N3O3S/c1-8-5-9(13)7-10(6-8)19(17,18)15-4-2-3-11(15)12(14)16/h5-7,11H,2-4,13H2,1H3,(H2,14,16). The highest BCUT2D eigenvalue weighted by Crippen LogP contribution is 2.27. The highest BCUT2D eigenvalue weighted by atomic mass is 32.2. The first-order valence-electron chi connectivity index (χ1n) is 6.00. The second-order valence-electron chi connectivity index (χ2n) is 4.76. The molecule has 1 heterocycles. The van der Waals surface area contributed by atoms with Crippen LogP contribution in [-0.2, 0) is 14.8 Å². The zero-order valence-corrected chi connectivity index (χ0v) is 11.5. The second-order valence-corrected chi connectivity index (χ2v) is 6.65. The molecule has 1 fully saturated rings. The molecule has 0 aromatic heterocycles. The maximum absolute atomic E-state index is 12.5. The van der Waals surface area contributed by atoms with E-state index < -0.39 is 22.0 Å². The maximum Gasteiger partial charge on any atom is 0.243 e. The molecule has 19 heavy (non-hydrogen) atoms. The maximum atomic E-state index is 12.5. The van der Waals surface area contributed by atoms with Crippen molar-refractivity contribution in [1.29, 1.82) is 0 Å². The van der Waals surface area contributed by atoms with Crippen molar-refractivity contribution < 1.29 is 13.2 Å². The summed E-state index contributed by atoms with van der Waals surface area (Å²) in [6, 6.07) is 3.88. The Bertz CT molecular complexity index is 592. The Hall–Kier alpha value is -1.60. The molecule has 1 amide bonds. The van der Waals surface area contributed by atoms with E-state index >= 15 is 0 Å². The third-order valence-corrected chi connectivity index (χ3v) is 5.10. The monoisotopic (exact) mass is 283 g/mol. The molecule has 0 aliphatic carbocycles. The van der Waals surface area contributed by atoms with Gasteiger partial charge in [-0.3, -0.25) is 4.79 Å². The lowest BCUT2D eigenvalue weighted by Gasteiger charge is -2.22. The number of primary amides is 1. The van der Waals surface area contributed by atoms with Crippen molar-refractivity contribution in [2.75, 3.05) is 12.3 Å². The normalized spacial score (nSPS) is 20.6. The summed E-state index contributed by atoms with van der Waals surface area (Å²) in [6.07, 6.45) is 1.10. The van der Waals surface area contributed by atoms with Crippen LogP contribution in [-0.4, -0.2) is 31.2 Å². The quantitative estimate of drug-likeness (QED) is 0.773. The fourth-order valence-corrected chi connectivity index (χ4v) is 4.18. The first-order chi connectivity index (χ1) is 8.82. The third kappa shape index (κ3) is 2.57. The summed E-state index contributed by atoms with van der Waals surface area (Å²) in [7, 11) is -3.73. The van der Waals surface area contributed by atoms with Crippen LogP contribution in [0, 0.1) is 6.92 Å². The molecule has 104 valence electrons. The van der Waals surface area contributed by atoms with Gasteiger partial charge in [-0.2, -0.15) is 4.31 Å². The molecule has 1 aromatic carbocycles. The fourth-order valence-electron chi connectivity index (χ4n) is 2.37. The van der Waals surface area contributed by atoms with Crippen LogP contribution in [0.15, 0.2) is 23.1 Å². The van der Waals surface area contributed by atoms with Crippen LogP contribution >= 0.6 is 0 Å². The van der Waals surface area contributed by atoms with Gasteiger partial charge in [0, 0.05) is 12.2 Å². The van der Waals surface area contributed by atoms with Gasteiger partial charge in [0.05, 0.1) is 4.90 Å². The van der Waals surface area contributed by atoms with Crippen LogP contribution < -0.4 is 11.5 Å². The minimum Gasteiger partial charge on any atom is -0.399 e. The summed E-state index contributed by atoms with van der Waals surface area (Å²) in [6.45, 7) is 2.08. The van der Waals surface area contributed by atoms with Crippen LogP contribution in [0.1, 0.15) is 18.4 Å². The molecule has 0 bridgehead atoms. The van der Waals surface area contributed by atoms with Gasteiger partial charge in [0.25, 0.3) is 0 Å². The molecular weight excluding hydrogens is 266 g/mol. The van der Waals surface area contributed by atoms with Crippen molar-refractivity contribution in [3.63, 3.8) is 0 Å². The van der Waals surface area contributed by atoms with E-state index in [2.05, 4.69) is 0 Å². The first-order valence-corrected chi connectivity index (χ1v) is 7.44. The number of aryl methyl sites for hydroxylation is 1. The van der Waals surface area contributed by atoms with E-state index in [-0.39, 0.29) is 4.90 Å². The number of rotatable bonds is 3. The number of hydrogen-bond donors (Lipinski definition) is 2. The SMILES string of the molecule is Cc1cc(N)cc(S(=O)(=O)N2CCCC2C(N)=O)c1. The van der Waals surface area contributed by atoms with Gasteiger partial charge in [-0.1, -0.05) is 0 Å². The summed E-state index contributed by atoms with van der Waals surface area (Å²) >= 11 is 0. The van der Waals surface area contributed by atoms with E-state index in [0.717, 1.165) is 5.56 Å². The van der Waals surface area contributed by atoms with Gasteiger partial charge in [-0.15, -0.1) is 0 Å². The van der Waals surface area contributed by atoms with E-state index in [4.69, 9.17) is 11.5 Å². The molecule has 0 spiro atoms. The molecular formula is C12H17N3O3S. The Morgan fingerprint density at radius 1 is 1.37 bits per heavy atom. The minimum atomic E-state index is -3.73. The van der Waals surface area contributed by atoms with Gasteiger partial charge in [-0.05, 0) is 43.5 Å². The molecule has 2 rings (SSSR count). The number of carbonyl (C=O) groups is 1. The van der Waals surface area contributed by atoms with Crippen molar-refractivity contribution in [3.05, 3.63) is 23.8 Å². The highest BCUT2D eigenvalue weighted by molar-refractivity contribution is 7.89. The minimum absolute atomic E-state index is 0.109. The van der Waals surface area contributed by atoms with Crippen molar-refractivity contribution in [2.24, 2.45) is 5.73 Å². The van der Waals surface area contributed by atoms with Crippen molar-refractivity contribution in [2.45, 2.75) is 30.7 Å². The van der Waals surface area contributed by atoms with E-state index in [1.165, 1.54) is 10.4 Å². The predicted molar refractivity (Wildman–Crippen MR) is 71.7 cm³/mol. The number of sulfonamides is 1. The largest absolute Gasteiger partial charge is 0.399 e. The molecule has 1 aromatic rings. The fraction of sp³-hybridized carbons (Fsp3) is 0.417. The Morgan fingerprint density at radius 3 is 2.63 bits per heavy atom. The van der Waals surface area contributed by atoms with E-state index in [0.29, 0.717) is 25.1 Å². The summed E-state index contributed by atoms with van der Waals surface area (Å²) in [5.41, 5.74) is 12.1. The number of hydrogen-bond acceptors (Lipinski definition) is 4. The molecule has 4 N–H and O–H groups in total. The summed E-state index contributed by atoms with van der Waals surface area (Å²) in [5.74, 6) is -0.610. The molecule has 1 atom stereocenters. The Morgan fingerprint density at radius 2 is 2.05 bits per heavy atom. The number of nitrogens with two attached hydrogens (primary N) is 2. The average molecular weight is 283 g/mol. The van der Waals surface area contributed by atoms with Crippen molar-refractivity contribution in [3.8, 4) is 0 Å². The first kappa shape index (κ1) is 13.8. The topological polar surface area (TPSA) is 106 Å². The van der Waals surface area contributed by atoms with E-state index in [1.54, 1.807) is 19.1 Å². The molecule has 1 saturated heterocycles. The molecule has 6 nitrogen and oxygen atoms in total. The lowest BCUT2D eigenvalue weighted by Crippen LogP contribution is -2.43. The molecule has 1 aliphatic rings. The number of amides is 1. The number of nitrogen functional groups attached to an aromatic ring is 1. The van der Waals surface area contributed by atoms with Crippen LogP contribution in [0.2, 0.25) is 0 Å². The average Bonchev–Trinajstić information content (AvgIpc) is 2.76. The molecule has 1 aliphatic heterocycles. The zero-order valence-electron chi connectivity index (χ0n) is 10.7. The van der Waals surface area contributed by atoms with Gasteiger partial charge in [0.2, 0.25) is 15.9 Å². The second kappa shape index (κ2) is 4.82. The predicted octanol–water partition coefficient (Wildman–Crippen LogP) is 0.216. The van der Waals surface area contributed by atoms with E-state index in [9.17, 15) is 13.2 Å². The van der Waals surface area contributed by atoms with Crippen molar-refractivity contribution in [1.82, 2.24) is 4.31 Å². The van der Waals surface area contributed by atoms with Gasteiger partial charge in [-0.25, -0.2) is 8.42 Å². The van der Waals surface area contributed by atoms with Crippen LogP contribution in [0.3, 0.4) is 0 Å². The number of nitrogens with zero attached hydrogens (tertiary/aromatic N) is 1. The molecule has 0 saturated carbocycles. The lowest BCUT2D eigenvalue weighted by atomic mass is 10.2. The third-order valence-electron chi connectivity index (χ3n) is 3.21. The van der Waals surface area contributed by atoms with Gasteiger partial charge in [0.15, 0.2) is 0 Å². The van der Waals surface area contributed by atoms with Crippen molar-refractivity contribution >= 4 is 21.6 Å². The highest BCUT2D eigenvalue weighted by Gasteiger charge is 2.38. The van der Waals surface area contributed by atoms with Crippen LogP contribution in [0.5, 0.6) is 0 Å². The summed E-state index contributed by atoms with van der Waals surface area (Å²) in [5, 5.41) is 0. The number of carbonyl (C=O) groups excluding carboxylic acids is 1. The summed E-state index contributed by atoms with van der Waals surface area (Å²) < 4.78 is 26.2. The molecule has 1 unspecified atom stereocenters. The molecule has 0 radical (unpaired) electrons. The molecule has 7 heteroatoms. The van der Waals surface area contributed by atoms with Crippen LogP contribution in [0.25, 0.3) is 0 Å². The lowest BCUT2D eigenvalue weighted by molar-refractivity contribution is -0.121. The zero-order chi connectivity index (χ0) is 14.2. The Balaban J connectivity index is 2.44.